The predicted molar refractivity (Wildman–Crippen MR) is 121 cm³/mol. The first-order chi connectivity index (χ1) is 15.5. The lowest BCUT2D eigenvalue weighted by molar-refractivity contribution is -0.108. The van der Waals surface area contributed by atoms with E-state index in [0.29, 0.717) is 18.5 Å². The maximum Gasteiger partial charge on any atom is 0.410 e. The number of aryl methyl sites for hydroxylation is 1. The standard InChI is InChI=1S/C25H31F2N3O3/c1-23(2,3)33-22(32)29-15-24(25(26,27)16-29)11-7-12-28(14-24)21(31)20-17-8-4-5-9-18(17)30-13-6-10-19(20)30/h4-5,8-9H,6-7,10-16H2,1-3H3. The Labute approximate surface area is 192 Å². The van der Waals surface area contributed by atoms with E-state index in [-0.39, 0.29) is 25.4 Å². The molecule has 1 spiro atoms. The van der Waals surface area contributed by atoms with E-state index < -0.39 is 29.6 Å². The summed E-state index contributed by atoms with van der Waals surface area (Å²) in [5, 5.41) is 0.894. The van der Waals surface area contributed by atoms with Crippen LogP contribution in [0.5, 0.6) is 0 Å². The average Bonchev–Trinajstić information content (AvgIpc) is 3.38. The summed E-state index contributed by atoms with van der Waals surface area (Å²) in [5.41, 5.74) is 0.492. The summed E-state index contributed by atoms with van der Waals surface area (Å²) in [4.78, 5) is 29.0. The number of likely N-dealkylation sites (tertiary alicyclic amines) is 2. The van der Waals surface area contributed by atoms with Crippen LogP contribution in [0.4, 0.5) is 13.6 Å². The largest absolute Gasteiger partial charge is 0.444 e. The number of fused-ring (bicyclic) bond motifs is 3. The van der Waals surface area contributed by atoms with E-state index in [9.17, 15) is 9.59 Å². The highest BCUT2D eigenvalue weighted by Gasteiger charge is 2.63. The minimum atomic E-state index is -3.09. The smallest absolute Gasteiger partial charge is 0.410 e. The van der Waals surface area contributed by atoms with Gasteiger partial charge in [0.2, 0.25) is 0 Å². The van der Waals surface area contributed by atoms with E-state index in [1.54, 1.807) is 25.7 Å². The summed E-state index contributed by atoms with van der Waals surface area (Å²) in [6.07, 6.45) is 1.83. The van der Waals surface area contributed by atoms with E-state index in [0.717, 1.165) is 40.9 Å². The number of amides is 2. The average molecular weight is 460 g/mol. The maximum atomic E-state index is 15.4. The first-order valence-electron chi connectivity index (χ1n) is 11.8. The van der Waals surface area contributed by atoms with Gasteiger partial charge in [0.1, 0.15) is 5.60 Å². The number of carbonyl (C=O) groups excluding carboxylic acids is 2. The van der Waals surface area contributed by atoms with Crippen molar-refractivity contribution in [3.05, 3.63) is 35.5 Å². The molecule has 0 saturated carbocycles. The van der Waals surface area contributed by atoms with E-state index in [1.165, 1.54) is 0 Å². The van der Waals surface area contributed by atoms with Crippen molar-refractivity contribution in [2.24, 2.45) is 5.41 Å². The topological polar surface area (TPSA) is 54.8 Å². The first-order valence-corrected chi connectivity index (χ1v) is 11.8. The molecule has 33 heavy (non-hydrogen) atoms. The minimum Gasteiger partial charge on any atom is -0.444 e. The molecule has 0 aliphatic carbocycles. The Morgan fingerprint density at radius 2 is 1.73 bits per heavy atom. The van der Waals surface area contributed by atoms with E-state index in [2.05, 4.69) is 4.57 Å². The van der Waals surface area contributed by atoms with Crippen molar-refractivity contribution < 1.29 is 23.1 Å². The number of halogens is 2. The molecule has 3 aliphatic rings. The van der Waals surface area contributed by atoms with Gasteiger partial charge in [-0.3, -0.25) is 4.79 Å². The Kier molecular flexibility index (Phi) is 4.99. The van der Waals surface area contributed by atoms with Crippen LogP contribution < -0.4 is 0 Å². The lowest BCUT2D eigenvalue weighted by Crippen LogP contribution is -2.54. The Bertz CT molecular complexity index is 1120. The van der Waals surface area contributed by atoms with Crippen LogP contribution in [-0.4, -0.2) is 64.1 Å². The van der Waals surface area contributed by atoms with Gasteiger partial charge < -0.3 is 19.1 Å². The van der Waals surface area contributed by atoms with Crippen LogP contribution >= 0.6 is 0 Å². The van der Waals surface area contributed by atoms with Crippen LogP contribution in [0.3, 0.4) is 0 Å². The summed E-state index contributed by atoms with van der Waals surface area (Å²) in [6, 6.07) is 7.84. The van der Waals surface area contributed by atoms with Gasteiger partial charge in [-0.25, -0.2) is 13.6 Å². The van der Waals surface area contributed by atoms with E-state index in [1.807, 2.05) is 24.3 Å². The number of alkyl halides is 2. The Morgan fingerprint density at radius 1 is 1.00 bits per heavy atom. The summed E-state index contributed by atoms with van der Waals surface area (Å²) in [6.45, 7) is 5.64. The van der Waals surface area contributed by atoms with Crippen molar-refractivity contribution >= 4 is 22.9 Å². The summed E-state index contributed by atoms with van der Waals surface area (Å²) < 4.78 is 38.3. The fourth-order valence-corrected chi connectivity index (χ4v) is 5.81. The highest BCUT2D eigenvalue weighted by Crippen LogP contribution is 2.50. The Morgan fingerprint density at radius 3 is 2.48 bits per heavy atom. The molecule has 2 fully saturated rings. The van der Waals surface area contributed by atoms with Crippen molar-refractivity contribution in [3.8, 4) is 0 Å². The van der Waals surface area contributed by atoms with Crippen molar-refractivity contribution in [3.63, 3.8) is 0 Å². The number of piperidine rings is 1. The van der Waals surface area contributed by atoms with Gasteiger partial charge in [0, 0.05) is 42.8 Å². The third-order valence-electron chi connectivity index (χ3n) is 7.26. The number of ether oxygens (including phenoxy) is 1. The van der Waals surface area contributed by atoms with Crippen molar-refractivity contribution in [1.29, 1.82) is 0 Å². The van der Waals surface area contributed by atoms with Gasteiger partial charge in [-0.15, -0.1) is 0 Å². The maximum absolute atomic E-state index is 15.4. The molecule has 0 radical (unpaired) electrons. The van der Waals surface area contributed by atoms with Crippen LogP contribution in [0.2, 0.25) is 0 Å². The molecule has 5 rings (SSSR count). The normalized spacial score (nSPS) is 24.5. The molecule has 178 valence electrons. The number of benzene rings is 1. The second kappa shape index (κ2) is 7.43. The molecule has 2 saturated heterocycles. The Hall–Kier alpha value is -2.64. The van der Waals surface area contributed by atoms with Crippen LogP contribution in [0.1, 0.15) is 56.1 Å². The lowest BCUT2D eigenvalue weighted by atomic mass is 9.76. The van der Waals surface area contributed by atoms with Gasteiger partial charge in [0.25, 0.3) is 11.8 Å². The number of para-hydroxylation sites is 1. The molecule has 0 N–H and O–H groups in total. The van der Waals surface area contributed by atoms with Gasteiger partial charge in [-0.05, 0) is 52.5 Å². The van der Waals surface area contributed by atoms with Crippen molar-refractivity contribution in [1.82, 2.24) is 14.4 Å². The molecule has 8 heteroatoms. The summed E-state index contributed by atoms with van der Waals surface area (Å²) in [7, 11) is 0. The number of hydrogen-bond donors (Lipinski definition) is 0. The van der Waals surface area contributed by atoms with Gasteiger partial charge in [0.15, 0.2) is 0 Å². The Balaban J connectivity index is 1.43. The second-order valence-corrected chi connectivity index (χ2v) is 10.7. The van der Waals surface area contributed by atoms with Gasteiger partial charge in [-0.1, -0.05) is 18.2 Å². The number of carbonyl (C=O) groups is 2. The molecule has 6 nitrogen and oxygen atoms in total. The summed E-state index contributed by atoms with van der Waals surface area (Å²) in [5.74, 6) is -3.26. The third-order valence-corrected chi connectivity index (χ3v) is 7.26. The number of hydrogen-bond acceptors (Lipinski definition) is 3. The van der Waals surface area contributed by atoms with Gasteiger partial charge >= 0.3 is 6.09 Å². The van der Waals surface area contributed by atoms with E-state index >= 15 is 8.78 Å². The molecule has 1 aromatic heterocycles. The fourth-order valence-electron chi connectivity index (χ4n) is 5.81. The van der Waals surface area contributed by atoms with Crippen LogP contribution in [0, 0.1) is 5.41 Å². The van der Waals surface area contributed by atoms with Gasteiger partial charge in [-0.2, -0.15) is 0 Å². The molecule has 3 aliphatic heterocycles. The third kappa shape index (κ3) is 3.58. The molecule has 1 aromatic carbocycles. The molecule has 2 amide bonds. The SMILES string of the molecule is CC(C)(C)OC(=O)N1CC(F)(F)C2(CCCN(C(=O)c3c4n(c5ccccc35)CCC4)C2)C1. The van der Waals surface area contributed by atoms with Crippen molar-refractivity contribution in [2.75, 3.05) is 26.2 Å². The molecular formula is C25H31F2N3O3. The van der Waals surface area contributed by atoms with Crippen LogP contribution in [0.15, 0.2) is 24.3 Å². The van der Waals surface area contributed by atoms with Crippen molar-refractivity contribution in [2.45, 2.75) is 64.5 Å². The monoisotopic (exact) mass is 459 g/mol. The number of rotatable bonds is 1. The quantitative estimate of drug-likeness (QED) is 0.622. The second-order valence-electron chi connectivity index (χ2n) is 10.7. The highest BCUT2D eigenvalue weighted by molar-refractivity contribution is 6.08. The zero-order valence-corrected chi connectivity index (χ0v) is 19.5. The highest BCUT2D eigenvalue weighted by atomic mass is 19.3. The minimum absolute atomic E-state index is 0.0585. The molecule has 1 unspecified atom stereocenters. The van der Waals surface area contributed by atoms with E-state index in [4.69, 9.17) is 4.74 Å². The molecule has 2 aromatic rings. The molecule has 1 atom stereocenters. The van der Waals surface area contributed by atoms with Crippen LogP contribution in [-0.2, 0) is 17.7 Å². The summed E-state index contributed by atoms with van der Waals surface area (Å²) >= 11 is 0. The number of nitrogens with zero attached hydrogens (tertiary/aromatic N) is 3. The molecule has 4 heterocycles. The number of aromatic nitrogens is 1. The fraction of sp³-hybridized carbons (Fsp3) is 0.600. The molecular weight excluding hydrogens is 428 g/mol. The zero-order valence-electron chi connectivity index (χ0n) is 19.5. The first kappa shape index (κ1) is 22.2. The predicted octanol–water partition coefficient (Wildman–Crippen LogP) is 4.70. The lowest BCUT2D eigenvalue weighted by Gasteiger charge is -2.42. The molecule has 0 bridgehead atoms. The zero-order chi connectivity index (χ0) is 23.6. The van der Waals surface area contributed by atoms with Crippen LogP contribution in [0.25, 0.3) is 10.9 Å². The van der Waals surface area contributed by atoms with Gasteiger partial charge in [0.05, 0.1) is 17.5 Å².